The van der Waals surface area contributed by atoms with Crippen LogP contribution < -0.4 is 11.1 Å². The lowest BCUT2D eigenvalue weighted by Crippen LogP contribution is -2.23. The number of rotatable bonds is 3. The number of nitrogens with zero attached hydrogens (tertiary/aromatic N) is 1. The molecule has 3 N–H and O–H groups in total. The topological polar surface area (TPSA) is 50.9 Å². The summed E-state index contributed by atoms with van der Waals surface area (Å²) in [6.07, 6.45) is 10.9. The Kier molecular flexibility index (Phi) is 4.93. The Morgan fingerprint density at radius 3 is 2.56 bits per heavy atom. The van der Waals surface area contributed by atoms with Gasteiger partial charge in [-0.1, -0.05) is 44.3 Å². The number of nitrogens with two attached hydrogens (primary N) is 1. The molecule has 0 spiro atoms. The van der Waals surface area contributed by atoms with Gasteiger partial charge in [-0.15, -0.1) is 0 Å². The summed E-state index contributed by atoms with van der Waals surface area (Å²) < 4.78 is 0. The van der Waals surface area contributed by atoms with E-state index in [4.69, 9.17) is 18.0 Å². The molecule has 1 heterocycles. The smallest absolute Gasteiger partial charge is 0.124 e. The molecule has 3 nitrogen and oxygen atoms in total. The van der Waals surface area contributed by atoms with Crippen LogP contribution in [0.4, 0.5) is 5.69 Å². The van der Waals surface area contributed by atoms with Gasteiger partial charge in [0.2, 0.25) is 0 Å². The van der Waals surface area contributed by atoms with Crippen molar-refractivity contribution in [3.63, 3.8) is 0 Å². The minimum Gasteiger partial charge on any atom is -0.388 e. The van der Waals surface area contributed by atoms with Crippen LogP contribution in [0, 0.1) is 0 Å². The lowest BCUT2D eigenvalue weighted by molar-refractivity contribution is 0.471. The fourth-order valence-corrected chi connectivity index (χ4v) is 2.70. The van der Waals surface area contributed by atoms with Crippen molar-refractivity contribution in [3.05, 3.63) is 24.0 Å². The molecule has 1 saturated carbocycles. The maximum atomic E-state index is 5.70. The van der Waals surface area contributed by atoms with Crippen LogP contribution in [0.1, 0.15) is 50.6 Å². The molecule has 18 heavy (non-hydrogen) atoms. The van der Waals surface area contributed by atoms with Gasteiger partial charge < -0.3 is 11.1 Å². The maximum absolute atomic E-state index is 5.70. The molecule has 0 saturated heterocycles. The van der Waals surface area contributed by atoms with Crippen molar-refractivity contribution in [3.8, 4) is 0 Å². The Bertz CT molecular complexity index is 398. The highest BCUT2D eigenvalue weighted by Gasteiger charge is 2.13. The van der Waals surface area contributed by atoms with Crippen molar-refractivity contribution in [2.24, 2.45) is 5.73 Å². The minimum atomic E-state index is 0.365. The van der Waals surface area contributed by atoms with E-state index in [9.17, 15) is 0 Å². The molecule has 0 bridgehead atoms. The minimum absolute atomic E-state index is 0.365. The monoisotopic (exact) mass is 263 g/mol. The molecule has 0 aliphatic heterocycles. The second kappa shape index (κ2) is 6.69. The molecular weight excluding hydrogens is 242 g/mol. The maximum Gasteiger partial charge on any atom is 0.124 e. The third-order valence-corrected chi connectivity index (χ3v) is 3.70. The van der Waals surface area contributed by atoms with Crippen LogP contribution in [0.5, 0.6) is 0 Å². The summed E-state index contributed by atoms with van der Waals surface area (Å²) >= 11 is 5.04. The second-order valence-corrected chi connectivity index (χ2v) is 5.39. The first-order valence-corrected chi connectivity index (χ1v) is 7.19. The van der Waals surface area contributed by atoms with Crippen LogP contribution >= 0.6 is 12.2 Å². The van der Waals surface area contributed by atoms with E-state index in [2.05, 4.69) is 10.3 Å². The van der Waals surface area contributed by atoms with Crippen molar-refractivity contribution in [1.29, 1.82) is 0 Å². The van der Waals surface area contributed by atoms with Crippen LogP contribution in [0.3, 0.4) is 0 Å². The van der Waals surface area contributed by atoms with E-state index in [1.165, 1.54) is 44.9 Å². The molecule has 98 valence electrons. The summed E-state index contributed by atoms with van der Waals surface area (Å²) in [6.45, 7) is 0. The van der Waals surface area contributed by atoms with Gasteiger partial charge in [-0.05, 0) is 25.0 Å². The summed E-state index contributed by atoms with van der Waals surface area (Å²) in [4.78, 5) is 4.62. The van der Waals surface area contributed by atoms with E-state index in [0.29, 0.717) is 11.0 Å². The summed E-state index contributed by atoms with van der Waals surface area (Å²) in [5, 5.41) is 3.57. The number of hydrogen-bond donors (Lipinski definition) is 2. The number of nitrogens with one attached hydrogen (secondary N) is 1. The van der Waals surface area contributed by atoms with Gasteiger partial charge in [0.05, 0.1) is 5.69 Å². The zero-order chi connectivity index (χ0) is 12.8. The normalized spacial score (nSPS) is 17.8. The number of aromatic nitrogens is 1. The molecule has 0 unspecified atom stereocenters. The Labute approximate surface area is 114 Å². The molecule has 4 heteroatoms. The molecule has 1 fully saturated rings. The predicted octanol–water partition coefficient (Wildman–Crippen LogP) is 3.24. The highest BCUT2D eigenvalue weighted by atomic mass is 32.1. The summed E-state index contributed by atoms with van der Waals surface area (Å²) in [5.74, 6) is 0. The fourth-order valence-electron chi connectivity index (χ4n) is 2.54. The Morgan fingerprint density at radius 2 is 1.89 bits per heavy atom. The van der Waals surface area contributed by atoms with Crippen molar-refractivity contribution in [2.75, 3.05) is 5.32 Å². The number of pyridine rings is 1. The van der Waals surface area contributed by atoms with E-state index in [1.807, 2.05) is 12.1 Å². The molecule has 0 aromatic carbocycles. The van der Waals surface area contributed by atoms with Crippen LogP contribution in [0.25, 0.3) is 0 Å². The first-order chi connectivity index (χ1) is 8.77. The first kappa shape index (κ1) is 13.3. The molecule has 0 atom stereocenters. The van der Waals surface area contributed by atoms with Gasteiger partial charge in [0.25, 0.3) is 0 Å². The van der Waals surface area contributed by atoms with Gasteiger partial charge in [0.1, 0.15) is 10.7 Å². The van der Waals surface area contributed by atoms with Gasteiger partial charge in [0, 0.05) is 12.2 Å². The van der Waals surface area contributed by atoms with Gasteiger partial charge in [0.15, 0.2) is 0 Å². The van der Waals surface area contributed by atoms with Crippen molar-refractivity contribution < 1.29 is 0 Å². The summed E-state index contributed by atoms with van der Waals surface area (Å²) in [7, 11) is 0. The van der Waals surface area contributed by atoms with Crippen molar-refractivity contribution in [1.82, 2.24) is 4.98 Å². The van der Waals surface area contributed by atoms with E-state index < -0.39 is 0 Å². The lowest BCUT2D eigenvalue weighted by atomic mass is 9.96. The standard InChI is InChI=1S/C14H21N3S/c15-14(18)13-12(9-6-10-16-13)17-11-7-4-2-1-3-5-8-11/h6,9-11,17H,1-5,7-8H2,(H2,15,18). The molecular formula is C14H21N3S. The third kappa shape index (κ3) is 3.67. The van der Waals surface area contributed by atoms with Crippen molar-refractivity contribution in [2.45, 2.75) is 51.0 Å². The van der Waals surface area contributed by atoms with Gasteiger partial charge >= 0.3 is 0 Å². The third-order valence-electron chi connectivity index (χ3n) is 3.51. The van der Waals surface area contributed by atoms with E-state index >= 15 is 0 Å². The number of anilines is 1. The number of hydrogen-bond acceptors (Lipinski definition) is 3. The van der Waals surface area contributed by atoms with Crippen LogP contribution in [0.2, 0.25) is 0 Å². The van der Waals surface area contributed by atoms with E-state index in [1.54, 1.807) is 6.20 Å². The molecule has 1 aliphatic carbocycles. The quantitative estimate of drug-likeness (QED) is 0.822. The van der Waals surface area contributed by atoms with Crippen molar-refractivity contribution >= 4 is 22.9 Å². The zero-order valence-corrected chi connectivity index (χ0v) is 11.5. The summed E-state index contributed by atoms with van der Waals surface area (Å²) in [5.41, 5.74) is 7.40. The second-order valence-electron chi connectivity index (χ2n) is 4.95. The summed E-state index contributed by atoms with van der Waals surface area (Å²) in [6, 6.07) is 4.47. The lowest BCUT2D eigenvalue weighted by Gasteiger charge is -2.23. The highest BCUT2D eigenvalue weighted by molar-refractivity contribution is 7.80. The molecule has 1 aromatic heterocycles. The zero-order valence-electron chi connectivity index (χ0n) is 10.7. The fraction of sp³-hybridized carbons (Fsp3) is 0.571. The van der Waals surface area contributed by atoms with Gasteiger partial charge in [-0.2, -0.15) is 0 Å². The molecule has 0 amide bonds. The molecule has 0 radical (unpaired) electrons. The molecule has 1 aliphatic rings. The van der Waals surface area contributed by atoms with Gasteiger partial charge in [-0.3, -0.25) is 4.98 Å². The Morgan fingerprint density at radius 1 is 1.22 bits per heavy atom. The highest BCUT2D eigenvalue weighted by Crippen LogP contribution is 2.22. The number of thiocarbonyl (C=S) groups is 1. The molecule has 1 aromatic rings. The van der Waals surface area contributed by atoms with E-state index in [0.717, 1.165) is 11.4 Å². The van der Waals surface area contributed by atoms with Crippen LogP contribution in [-0.4, -0.2) is 16.0 Å². The largest absolute Gasteiger partial charge is 0.388 e. The first-order valence-electron chi connectivity index (χ1n) is 6.79. The Balaban J connectivity index is 2.05. The average molecular weight is 263 g/mol. The van der Waals surface area contributed by atoms with Gasteiger partial charge in [-0.25, -0.2) is 0 Å². The average Bonchev–Trinajstić information content (AvgIpc) is 2.33. The van der Waals surface area contributed by atoms with E-state index in [-0.39, 0.29) is 0 Å². The predicted molar refractivity (Wildman–Crippen MR) is 79.9 cm³/mol. The van der Waals surface area contributed by atoms with Crippen LogP contribution in [-0.2, 0) is 0 Å². The molecule has 2 rings (SSSR count). The van der Waals surface area contributed by atoms with Crippen LogP contribution in [0.15, 0.2) is 18.3 Å². The Hall–Kier alpha value is -1.16. The SMILES string of the molecule is NC(=S)c1ncccc1NC1CCCCCCC1.